The van der Waals surface area contributed by atoms with Gasteiger partial charge >= 0.3 is 0 Å². The molecule has 8 aromatic carbocycles. The van der Waals surface area contributed by atoms with Gasteiger partial charge < -0.3 is 19.7 Å². The quantitative estimate of drug-likeness (QED) is 0.157. The molecule has 0 saturated carbocycles. The van der Waals surface area contributed by atoms with E-state index >= 15 is 0 Å². The number of nitrogens with one attached hydrogen (secondary N) is 1. The van der Waals surface area contributed by atoms with Gasteiger partial charge in [0.05, 0.1) is 10.7 Å². The number of anilines is 5. The molecule has 272 valence electrons. The van der Waals surface area contributed by atoms with Crippen LogP contribution in [-0.4, -0.2) is 0 Å². The lowest BCUT2D eigenvalue weighted by Gasteiger charge is -2.27. The van der Waals surface area contributed by atoms with E-state index in [1.807, 2.05) is 194 Å². The average molecular weight is 825 g/mol. The maximum Gasteiger partial charge on any atom is 0.148 e. The highest BCUT2D eigenvalue weighted by atomic mass is 79.9. The van der Waals surface area contributed by atoms with Gasteiger partial charge in [-0.1, -0.05) is 145 Å². The molecule has 0 fully saturated rings. The fraction of sp³-hybridized carbons (Fsp3) is 0. The molecule has 0 amide bonds. The summed E-state index contributed by atoms with van der Waals surface area (Å²) in [5, 5.41) is 4.45. The number of para-hydroxylation sites is 6. The summed E-state index contributed by atoms with van der Waals surface area (Å²) in [5.41, 5.74) is 5.16. The fourth-order valence-electron chi connectivity index (χ4n) is 5.34. The molecule has 0 aliphatic rings. The summed E-state index contributed by atoms with van der Waals surface area (Å²) < 4.78 is 12.5. The Morgan fingerprint density at radius 2 is 0.745 bits per heavy atom. The zero-order valence-electron chi connectivity index (χ0n) is 29.7. The minimum absolute atomic E-state index is 0.564. The topological polar surface area (TPSA) is 33.7 Å². The predicted octanol–water partition coefficient (Wildman–Crippen LogP) is 15.9. The lowest BCUT2D eigenvalue weighted by atomic mass is 10.2. The Balaban J connectivity index is 0.000000155. The van der Waals surface area contributed by atoms with Gasteiger partial charge in [-0.15, -0.1) is 0 Å². The van der Waals surface area contributed by atoms with Gasteiger partial charge in [0.25, 0.3) is 0 Å². The summed E-state index contributed by atoms with van der Waals surface area (Å²) in [6, 6.07) is 71.3. The number of ether oxygens (including phenoxy) is 2. The third-order valence-electron chi connectivity index (χ3n) is 7.91. The zero-order chi connectivity index (χ0) is 38.1. The molecule has 0 saturated heterocycles. The summed E-state index contributed by atoms with van der Waals surface area (Å²) in [6.07, 6.45) is 0. The molecule has 7 heteroatoms. The smallest absolute Gasteiger partial charge is 0.148 e. The lowest BCUT2D eigenvalue weighted by molar-refractivity contribution is 0.482. The molecule has 8 rings (SSSR count). The molecule has 0 aliphatic heterocycles. The van der Waals surface area contributed by atoms with E-state index in [0.29, 0.717) is 21.5 Å². The molecule has 8 aromatic rings. The van der Waals surface area contributed by atoms with E-state index in [2.05, 4.69) is 50.4 Å². The van der Waals surface area contributed by atoms with Crippen molar-refractivity contribution in [3.05, 3.63) is 233 Å². The van der Waals surface area contributed by atoms with Gasteiger partial charge in [-0.05, 0) is 113 Å². The Labute approximate surface area is 341 Å². The molecule has 1 N–H and O–H groups in total. The van der Waals surface area contributed by atoms with Crippen LogP contribution in [0.5, 0.6) is 23.0 Å². The Bertz CT molecular complexity index is 2240. The Hall–Kier alpha value is -5.98. The molecule has 0 unspecified atom stereocenters. The first-order chi connectivity index (χ1) is 27.0. The van der Waals surface area contributed by atoms with Crippen molar-refractivity contribution in [2.24, 2.45) is 0 Å². The van der Waals surface area contributed by atoms with Crippen LogP contribution in [0.2, 0.25) is 10.0 Å². The largest absolute Gasteiger partial charge is 0.456 e. The number of hydrogen-bond acceptors (Lipinski definition) is 4. The summed E-state index contributed by atoms with van der Waals surface area (Å²) >= 11 is 16.2. The number of nitrogens with zero attached hydrogens (tertiary/aromatic N) is 1. The highest BCUT2D eigenvalue weighted by Gasteiger charge is 2.18. The molecule has 0 radical (unpaired) electrons. The normalized spacial score (nSPS) is 10.1. The van der Waals surface area contributed by atoms with Gasteiger partial charge in [0.15, 0.2) is 0 Å². The van der Waals surface area contributed by atoms with E-state index in [0.717, 1.165) is 44.4 Å². The first-order valence-electron chi connectivity index (χ1n) is 17.5. The van der Waals surface area contributed by atoms with E-state index in [9.17, 15) is 0 Å². The molecule has 0 aliphatic carbocycles. The number of benzene rings is 8. The number of hydrogen-bond donors (Lipinski definition) is 1. The van der Waals surface area contributed by atoms with Gasteiger partial charge in [0.2, 0.25) is 0 Å². The number of rotatable bonds is 9. The molecule has 0 spiro atoms. The standard InChI is InChI=1S/C24H18ClNO.C12H8BrClO.C12H11N/c25-24-22(17-10-18-23(24)27-21-15-8-3-9-16-21)26(19-11-4-1-5-12-19)20-13-6-2-7-14-20;13-10-7-4-8-11(12(10)14)15-9-5-2-1-3-6-9;1-3-7-11(8-4-1)13-12-9-5-2-6-10-12/h1-18H;1-8H;1-10,13H. The van der Waals surface area contributed by atoms with Crippen molar-refractivity contribution in [1.82, 2.24) is 0 Å². The van der Waals surface area contributed by atoms with Gasteiger partial charge in [0, 0.05) is 27.2 Å². The van der Waals surface area contributed by atoms with Crippen molar-refractivity contribution in [3.63, 3.8) is 0 Å². The SMILES string of the molecule is Clc1c(Br)cccc1Oc1ccccc1.Clc1c(Oc2ccccc2)cccc1N(c1ccccc1)c1ccccc1.c1ccc(Nc2ccccc2)cc1. The molecular formula is C48H37BrCl2N2O2. The second-order valence-corrected chi connectivity index (χ2v) is 13.4. The van der Waals surface area contributed by atoms with Crippen molar-refractivity contribution in [3.8, 4) is 23.0 Å². The zero-order valence-corrected chi connectivity index (χ0v) is 32.8. The maximum atomic E-state index is 6.79. The van der Waals surface area contributed by atoms with E-state index in [1.165, 1.54) is 0 Å². The van der Waals surface area contributed by atoms with Gasteiger partial charge in [0.1, 0.15) is 28.0 Å². The predicted molar refractivity (Wildman–Crippen MR) is 234 cm³/mol. The van der Waals surface area contributed by atoms with Crippen LogP contribution >= 0.6 is 39.1 Å². The van der Waals surface area contributed by atoms with Crippen LogP contribution in [0.25, 0.3) is 0 Å². The molecule has 0 bridgehead atoms. The third kappa shape index (κ3) is 11.5. The van der Waals surface area contributed by atoms with Crippen LogP contribution in [0.3, 0.4) is 0 Å². The monoisotopic (exact) mass is 822 g/mol. The minimum atomic E-state index is 0.564. The third-order valence-corrected chi connectivity index (χ3v) is 9.57. The van der Waals surface area contributed by atoms with Crippen molar-refractivity contribution < 1.29 is 9.47 Å². The van der Waals surface area contributed by atoms with E-state index in [1.54, 1.807) is 0 Å². The van der Waals surface area contributed by atoms with Crippen molar-refractivity contribution in [2.45, 2.75) is 0 Å². The summed E-state index contributed by atoms with van der Waals surface area (Å²) in [4.78, 5) is 2.13. The van der Waals surface area contributed by atoms with Gasteiger partial charge in [-0.3, -0.25) is 0 Å². The van der Waals surface area contributed by atoms with E-state index in [-0.39, 0.29) is 0 Å². The molecule has 0 aromatic heterocycles. The van der Waals surface area contributed by atoms with Gasteiger partial charge in [-0.25, -0.2) is 0 Å². The van der Waals surface area contributed by atoms with Crippen LogP contribution in [0.15, 0.2) is 223 Å². The fourth-order valence-corrected chi connectivity index (χ4v) is 6.10. The van der Waals surface area contributed by atoms with Gasteiger partial charge in [-0.2, -0.15) is 0 Å². The molecule has 55 heavy (non-hydrogen) atoms. The van der Waals surface area contributed by atoms with Crippen LogP contribution < -0.4 is 19.7 Å². The van der Waals surface area contributed by atoms with Crippen LogP contribution in [-0.2, 0) is 0 Å². The van der Waals surface area contributed by atoms with Crippen LogP contribution in [0.4, 0.5) is 28.4 Å². The first kappa shape index (κ1) is 38.7. The second kappa shape index (κ2) is 20.5. The lowest BCUT2D eigenvalue weighted by Crippen LogP contribution is -2.10. The Morgan fingerprint density at radius 1 is 0.382 bits per heavy atom. The Kier molecular flexibility index (Phi) is 14.4. The summed E-state index contributed by atoms with van der Waals surface area (Å²) in [6.45, 7) is 0. The van der Waals surface area contributed by atoms with E-state index < -0.39 is 0 Å². The van der Waals surface area contributed by atoms with Crippen molar-refractivity contribution >= 4 is 67.6 Å². The van der Waals surface area contributed by atoms with Crippen molar-refractivity contribution in [1.29, 1.82) is 0 Å². The highest BCUT2D eigenvalue weighted by molar-refractivity contribution is 9.10. The van der Waals surface area contributed by atoms with Crippen LogP contribution in [0, 0.1) is 0 Å². The summed E-state index contributed by atoms with van der Waals surface area (Å²) in [7, 11) is 0. The van der Waals surface area contributed by atoms with E-state index in [4.69, 9.17) is 32.7 Å². The number of halogens is 3. The Morgan fingerprint density at radius 3 is 1.18 bits per heavy atom. The minimum Gasteiger partial charge on any atom is -0.456 e. The average Bonchev–Trinajstić information content (AvgIpc) is 3.24. The van der Waals surface area contributed by atoms with Crippen LogP contribution in [0.1, 0.15) is 0 Å². The highest BCUT2D eigenvalue weighted by Crippen LogP contribution is 2.43. The molecule has 0 heterocycles. The van der Waals surface area contributed by atoms with Crippen molar-refractivity contribution in [2.75, 3.05) is 10.2 Å². The molecule has 4 nitrogen and oxygen atoms in total. The summed E-state index contributed by atoms with van der Waals surface area (Å²) in [5.74, 6) is 2.80. The maximum absolute atomic E-state index is 6.79. The second-order valence-electron chi connectivity index (χ2n) is 11.8. The first-order valence-corrected chi connectivity index (χ1v) is 19.1. The molecular weight excluding hydrogens is 787 g/mol. The molecule has 0 atom stereocenters.